The Hall–Kier alpha value is -2.24. The number of piperidine rings is 1. The Morgan fingerprint density at radius 1 is 1.24 bits per heavy atom. The average Bonchev–Trinajstić information content (AvgIpc) is 3.48. The van der Waals surface area contributed by atoms with E-state index in [1.54, 1.807) is 29.7 Å². The molecule has 1 aromatic heterocycles. The van der Waals surface area contributed by atoms with E-state index in [9.17, 15) is 22.4 Å². The summed E-state index contributed by atoms with van der Waals surface area (Å²) in [6.07, 6.45) is 1.45. The first-order chi connectivity index (χ1) is 15.6. The third-order valence-electron chi connectivity index (χ3n) is 5.32. The maximum atomic E-state index is 14.5. The number of nitrogens with zero attached hydrogens (tertiary/aromatic N) is 2. The fourth-order valence-electron chi connectivity index (χ4n) is 3.54. The number of aromatic nitrogens is 1. The van der Waals surface area contributed by atoms with E-state index in [2.05, 4.69) is 16.0 Å². The number of rotatable bonds is 5. The summed E-state index contributed by atoms with van der Waals surface area (Å²) in [5.74, 6) is -2.82. The molecule has 1 aliphatic carbocycles. The number of benzene rings is 1. The van der Waals surface area contributed by atoms with Gasteiger partial charge in [-0.25, -0.2) is 14.2 Å². The van der Waals surface area contributed by atoms with Crippen LogP contribution in [-0.4, -0.2) is 51.3 Å². The zero-order valence-electron chi connectivity index (χ0n) is 17.3. The summed E-state index contributed by atoms with van der Waals surface area (Å²) in [4.78, 5) is 28.3. The van der Waals surface area contributed by atoms with Gasteiger partial charge in [-0.05, 0) is 37.0 Å². The number of thiazole rings is 1. The van der Waals surface area contributed by atoms with Gasteiger partial charge in [0.15, 0.2) is 5.78 Å². The van der Waals surface area contributed by atoms with Gasteiger partial charge in [-0.15, -0.1) is 11.3 Å². The number of carbonyl (C=O) groups excluding carboxylic acids is 1. The minimum absolute atomic E-state index is 0.0831. The Bertz CT molecular complexity index is 1010. The summed E-state index contributed by atoms with van der Waals surface area (Å²) in [5, 5.41) is 10.2. The molecule has 2 aromatic rings. The standard InChI is InChI=1S/C20H21FN2OS2.C2HF3O2/c21-16-4-2-1-3-15(16)19(20(24)13-5-6-13)23-9-7-17(25)14(12-23)11-18-22-8-10-26-18;3-2(4,5)1(6)7/h1-4,8,10-11,13,17,19,25H,5-7,9,12H2;(H,6,7). The lowest BCUT2D eigenvalue weighted by Gasteiger charge is -2.37. The number of Topliss-reactive ketones (excluding diaryl/α,β-unsaturated/α-hetero) is 1. The Morgan fingerprint density at radius 2 is 1.91 bits per heavy atom. The first kappa shape index (κ1) is 25.4. The number of carboxylic acids is 1. The highest BCUT2D eigenvalue weighted by atomic mass is 32.1. The van der Waals surface area contributed by atoms with Crippen LogP contribution in [0.3, 0.4) is 0 Å². The maximum absolute atomic E-state index is 14.5. The molecule has 1 aliphatic heterocycles. The molecule has 5 nitrogen and oxygen atoms in total. The van der Waals surface area contributed by atoms with E-state index in [1.165, 1.54) is 6.07 Å². The third-order valence-corrected chi connectivity index (χ3v) is 6.63. The molecular formula is C22H22F4N2O3S2. The summed E-state index contributed by atoms with van der Waals surface area (Å²) in [7, 11) is 0. The fourth-order valence-corrected chi connectivity index (χ4v) is 4.41. The van der Waals surface area contributed by atoms with Gasteiger partial charge in [-0.3, -0.25) is 9.69 Å². The molecule has 0 amide bonds. The average molecular weight is 503 g/mol. The number of aliphatic carboxylic acids is 1. The molecule has 1 saturated heterocycles. The second-order valence-electron chi connectivity index (χ2n) is 7.77. The summed E-state index contributed by atoms with van der Waals surface area (Å²) >= 11 is 6.29. The second-order valence-corrected chi connectivity index (χ2v) is 9.32. The van der Waals surface area contributed by atoms with Crippen LogP contribution in [0.5, 0.6) is 0 Å². The van der Waals surface area contributed by atoms with Crippen molar-refractivity contribution in [3.63, 3.8) is 0 Å². The molecule has 2 heterocycles. The number of likely N-dealkylation sites (tertiary alicyclic amines) is 1. The van der Waals surface area contributed by atoms with Crippen LogP contribution in [0, 0.1) is 11.7 Å². The molecule has 2 fully saturated rings. The van der Waals surface area contributed by atoms with Crippen molar-refractivity contribution in [3.05, 3.63) is 57.8 Å². The Kier molecular flexibility index (Phi) is 8.30. The van der Waals surface area contributed by atoms with E-state index < -0.39 is 18.2 Å². The SMILES string of the molecule is O=C(C1CC1)C(c1ccccc1F)N1CCC(S)C(=Cc2nccs2)C1.O=C(O)C(F)(F)F. The Morgan fingerprint density at radius 3 is 2.45 bits per heavy atom. The van der Waals surface area contributed by atoms with Crippen LogP contribution in [0.1, 0.15) is 35.9 Å². The molecule has 33 heavy (non-hydrogen) atoms. The fraction of sp³-hybridized carbons (Fsp3) is 0.409. The molecule has 1 aromatic carbocycles. The number of ketones is 1. The van der Waals surface area contributed by atoms with Crippen LogP contribution in [0.25, 0.3) is 6.08 Å². The monoisotopic (exact) mass is 502 g/mol. The second kappa shape index (κ2) is 10.8. The predicted octanol–water partition coefficient (Wildman–Crippen LogP) is 5.02. The van der Waals surface area contributed by atoms with Crippen LogP contribution < -0.4 is 0 Å². The zero-order valence-corrected chi connectivity index (χ0v) is 19.0. The number of carboxylic acid groups (broad SMARTS) is 1. The topological polar surface area (TPSA) is 70.5 Å². The van der Waals surface area contributed by atoms with Gasteiger partial charge in [0.05, 0.1) is 6.04 Å². The third kappa shape index (κ3) is 6.87. The molecule has 0 radical (unpaired) electrons. The van der Waals surface area contributed by atoms with Crippen molar-refractivity contribution < 1.29 is 32.3 Å². The van der Waals surface area contributed by atoms with Crippen molar-refractivity contribution in [2.45, 2.75) is 36.7 Å². The van der Waals surface area contributed by atoms with Crippen molar-refractivity contribution in [1.82, 2.24) is 9.88 Å². The number of hydrogen-bond acceptors (Lipinski definition) is 6. The van der Waals surface area contributed by atoms with E-state index in [-0.39, 0.29) is 22.8 Å². The van der Waals surface area contributed by atoms with Crippen LogP contribution in [0.15, 0.2) is 41.4 Å². The van der Waals surface area contributed by atoms with E-state index in [0.717, 1.165) is 36.4 Å². The van der Waals surface area contributed by atoms with Crippen molar-refractivity contribution in [2.24, 2.45) is 5.92 Å². The van der Waals surface area contributed by atoms with Gasteiger partial charge in [0.25, 0.3) is 0 Å². The highest BCUT2D eigenvalue weighted by Gasteiger charge is 2.41. The van der Waals surface area contributed by atoms with Gasteiger partial charge in [0.1, 0.15) is 10.8 Å². The molecule has 178 valence electrons. The molecule has 2 aliphatic rings. The normalized spacial score (nSPS) is 21.2. The Labute approximate surface area is 197 Å². The predicted molar refractivity (Wildman–Crippen MR) is 120 cm³/mol. The molecule has 11 heteroatoms. The minimum Gasteiger partial charge on any atom is -0.475 e. The van der Waals surface area contributed by atoms with Gasteiger partial charge >= 0.3 is 12.1 Å². The number of halogens is 4. The first-order valence-corrected chi connectivity index (χ1v) is 11.6. The summed E-state index contributed by atoms with van der Waals surface area (Å²) < 4.78 is 46.2. The van der Waals surface area contributed by atoms with Gasteiger partial charge in [0.2, 0.25) is 0 Å². The lowest BCUT2D eigenvalue weighted by Crippen LogP contribution is -2.42. The van der Waals surface area contributed by atoms with E-state index in [0.29, 0.717) is 12.1 Å². The van der Waals surface area contributed by atoms with Gasteiger partial charge in [0, 0.05) is 41.4 Å². The lowest BCUT2D eigenvalue weighted by molar-refractivity contribution is -0.192. The molecule has 4 rings (SSSR count). The largest absolute Gasteiger partial charge is 0.490 e. The molecule has 2 atom stereocenters. The van der Waals surface area contributed by atoms with E-state index in [1.807, 2.05) is 11.4 Å². The number of carbonyl (C=O) groups is 2. The summed E-state index contributed by atoms with van der Waals surface area (Å²) in [5.41, 5.74) is 1.63. The van der Waals surface area contributed by atoms with Crippen molar-refractivity contribution in [2.75, 3.05) is 13.1 Å². The van der Waals surface area contributed by atoms with Crippen molar-refractivity contribution >= 4 is 41.8 Å². The smallest absolute Gasteiger partial charge is 0.475 e. The number of alkyl halides is 3. The lowest BCUT2D eigenvalue weighted by atomic mass is 9.93. The minimum atomic E-state index is -5.08. The first-order valence-electron chi connectivity index (χ1n) is 10.2. The van der Waals surface area contributed by atoms with E-state index >= 15 is 0 Å². The number of hydrogen-bond donors (Lipinski definition) is 2. The van der Waals surface area contributed by atoms with Crippen LogP contribution >= 0.6 is 24.0 Å². The summed E-state index contributed by atoms with van der Waals surface area (Å²) in [6, 6.07) is 6.16. The molecule has 0 bridgehead atoms. The molecule has 0 spiro atoms. The molecular weight excluding hydrogens is 480 g/mol. The van der Waals surface area contributed by atoms with Gasteiger partial charge in [-0.1, -0.05) is 18.2 Å². The highest BCUT2D eigenvalue weighted by Crippen LogP contribution is 2.39. The number of thiol groups is 1. The summed E-state index contributed by atoms with van der Waals surface area (Å²) in [6.45, 7) is 1.35. The van der Waals surface area contributed by atoms with Crippen molar-refractivity contribution in [3.8, 4) is 0 Å². The quantitative estimate of drug-likeness (QED) is 0.444. The van der Waals surface area contributed by atoms with Crippen LogP contribution in [-0.2, 0) is 9.59 Å². The van der Waals surface area contributed by atoms with Crippen molar-refractivity contribution in [1.29, 1.82) is 0 Å². The highest BCUT2D eigenvalue weighted by molar-refractivity contribution is 7.81. The van der Waals surface area contributed by atoms with Crippen LogP contribution in [0.4, 0.5) is 17.6 Å². The van der Waals surface area contributed by atoms with Gasteiger partial charge < -0.3 is 5.11 Å². The Balaban J connectivity index is 0.000000383. The van der Waals surface area contributed by atoms with Crippen LogP contribution in [0.2, 0.25) is 0 Å². The van der Waals surface area contributed by atoms with Gasteiger partial charge in [-0.2, -0.15) is 25.8 Å². The van der Waals surface area contributed by atoms with E-state index in [4.69, 9.17) is 22.5 Å². The maximum Gasteiger partial charge on any atom is 0.490 e. The molecule has 2 unspecified atom stereocenters. The molecule has 1 N–H and O–H groups in total. The molecule has 1 saturated carbocycles. The zero-order chi connectivity index (χ0) is 24.2.